The average molecular weight is 277 g/mol. The van der Waals surface area contributed by atoms with Gasteiger partial charge in [0.2, 0.25) is 0 Å². The number of hydrazine groups is 1. The van der Waals surface area contributed by atoms with E-state index in [1.807, 2.05) is 32.9 Å². The predicted octanol–water partition coefficient (Wildman–Crippen LogP) is 3.31. The van der Waals surface area contributed by atoms with E-state index in [0.717, 1.165) is 5.56 Å². The zero-order valence-electron chi connectivity index (χ0n) is 10.3. The Morgan fingerprint density at radius 1 is 1.35 bits per heavy atom. The van der Waals surface area contributed by atoms with Gasteiger partial charge < -0.3 is 4.74 Å². The second-order valence-electron chi connectivity index (χ2n) is 4.79. The van der Waals surface area contributed by atoms with Crippen LogP contribution >= 0.6 is 23.2 Å². The third-order valence-corrected chi connectivity index (χ3v) is 3.07. The monoisotopic (exact) mass is 276 g/mol. The zero-order chi connectivity index (χ0) is 13.1. The van der Waals surface area contributed by atoms with E-state index in [1.54, 1.807) is 6.07 Å². The first-order valence-corrected chi connectivity index (χ1v) is 6.14. The number of nitrogens with two attached hydrogens (primary N) is 1. The summed E-state index contributed by atoms with van der Waals surface area (Å²) in [6.45, 7) is 6.39. The zero-order valence-corrected chi connectivity index (χ0v) is 11.8. The fourth-order valence-electron chi connectivity index (χ4n) is 1.35. The molecule has 0 spiro atoms. The van der Waals surface area contributed by atoms with Gasteiger partial charge in [-0.25, -0.2) is 0 Å². The van der Waals surface area contributed by atoms with Crippen molar-refractivity contribution in [2.45, 2.75) is 32.4 Å². The Morgan fingerprint density at radius 2 is 2.00 bits per heavy atom. The van der Waals surface area contributed by atoms with E-state index in [9.17, 15) is 0 Å². The molecule has 17 heavy (non-hydrogen) atoms. The van der Waals surface area contributed by atoms with E-state index in [1.165, 1.54) is 0 Å². The molecule has 3 nitrogen and oxygen atoms in total. The topological polar surface area (TPSA) is 47.3 Å². The number of hydrogen-bond acceptors (Lipinski definition) is 3. The van der Waals surface area contributed by atoms with Gasteiger partial charge in [-0.05, 0) is 32.4 Å². The van der Waals surface area contributed by atoms with Crippen molar-refractivity contribution in [2.24, 2.45) is 5.84 Å². The lowest BCUT2D eigenvalue weighted by Crippen LogP contribution is -2.34. The van der Waals surface area contributed by atoms with E-state index in [4.69, 9.17) is 33.8 Å². The van der Waals surface area contributed by atoms with Crippen molar-refractivity contribution < 1.29 is 4.74 Å². The Morgan fingerprint density at radius 3 is 2.53 bits per heavy atom. The summed E-state index contributed by atoms with van der Waals surface area (Å²) in [7, 11) is 0. The first-order valence-electron chi connectivity index (χ1n) is 5.39. The van der Waals surface area contributed by atoms with Crippen molar-refractivity contribution in [3.8, 4) is 0 Å². The predicted molar refractivity (Wildman–Crippen MR) is 72.2 cm³/mol. The van der Waals surface area contributed by atoms with Crippen LogP contribution < -0.4 is 11.3 Å². The van der Waals surface area contributed by atoms with Crippen molar-refractivity contribution in [3.63, 3.8) is 0 Å². The summed E-state index contributed by atoms with van der Waals surface area (Å²) < 4.78 is 5.69. The molecule has 3 N–H and O–H groups in total. The smallest absolute Gasteiger partial charge is 0.0709 e. The van der Waals surface area contributed by atoms with Crippen LogP contribution in [0.2, 0.25) is 10.0 Å². The Hall–Kier alpha value is -0.320. The molecule has 0 aliphatic heterocycles. The second-order valence-corrected chi connectivity index (χ2v) is 5.57. The fraction of sp³-hybridized carbons (Fsp3) is 0.500. The molecule has 1 unspecified atom stereocenters. The largest absolute Gasteiger partial charge is 0.374 e. The molecule has 0 fully saturated rings. The number of halogens is 2. The molecule has 0 bridgehead atoms. The summed E-state index contributed by atoms with van der Waals surface area (Å²) in [5, 5.41) is 1.02. The van der Waals surface area contributed by atoms with Gasteiger partial charge in [-0.2, -0.15) is 0 Å². The Kier molecular flexibility index (Phi) is 5.22. The van der Waals surface area contributed by atoms with Gasteiger partial charge >= 0.3 is 0 Å². The molecule has 0 aliphatic rings. The molecule has 1 rings (SSSR count). The highest BCUT2D eigenvalue weighted by Crippen LogP contribution is 2.30. The molecule has 1 aromatic rings. The maximum absolute atomic E-state index is 6.13. The highest BCUT2D eigenvalue weighted by molar-refractivity contribution is 6.42. The van der Waals surface area contributed by atoms with Crippen molar-refractivity contribution in [1.82, 2.24) is 5.43 Å². The third-order valence-electron chi connectivity index (χ3n) is 2.24. The van der Waals surface area contributed by atoms with Crippen LogP contribution in [0.3, 0.4) is 0 Å². The van der Waals surface area contributed by atoms with Crippen molar-refractivity contribution in [1.29, 1.82) is 0 Å². The highest BCUT2D eigenvalue weighted by Gasteiger charge is 2.18. The van der Waals surface area contributed by atoms with Crippen LogP contribution in [0.5, 0.6) is 0 Å². The van der Waals surface area contributed by atoms with Crippen molar-refractivity contribution >= 4 is 23.2 Å². The van der Waals surface area contributed by atoms with E-state index in [0.29, 0.717) is 16.7 Å². The van der Waals surface area contributed by atoms with Crippen LogP contribution in [0.15, 0.2) is 18.2 Å². The van der Waals surface area contributed by atoms with Crippen LogP contribution in [-0.2, 0) is 4.74 Å². The van der Waals surface area contributed by atoms with E-state index < -0.39 is 0 Å². The quantitative estimate of drug-likeness (QED) is 0.655. The molecule has 5 heteroatoms. The van der Waals surface area contributed by atoms with Crippen LogP contribution in [-0.4, -0.2) is 12.2 Å². The summed E-state index contributed by atoms with van der Waals surface area (Å²) in [4.78, 5) is 0. The fourth-order valence-corrected chi connectivity index (χ4v) is 1.79. The lowest BCUT2D eigenvalue weighted by Gasteiger charge is -2.25. The van der Waals surface area contributed by atoms with Crippen molar-refractivity contribution in [3.05, 3.63) is 33.8 Å². The number of rotatable bonds is 4. The molecule has 0 aliphatic carbocycles. The first kappa shape index (κ1) is 14.7. The summed E-state index contributed by atoms with van der Waals surface area (Å²) in [5.74, 6) is 5.52. The maximum Gasteiger partial charge on any atom is 0.0709 e. The van der Waals surface area contributed by atoms with Gasteiger partial charge in [-0.15, -0.1) is 0 Å². The molecular formula is C12H18Cl2N2O. The summed E-state index contributed by atoms with van der Waals surface area (Å²) in [6, 6.07) is 5.28. The molecule has 0 radical (unpaired) electrons. The van der Waals surface area contributed by atoms with Gasteiger partial charge in [0.15, 0.2) is 0 Å². The minimum Gasteiger partial charge on any atom is -0.374 e. The minimum absolute atomic E-state index is 0.180. The van der Waals surface area contributed by atoms with Gasteiger partial charge in [-0.1, -0.05) is 35.3 Å². The minimum atomic E-state index is -0.222. The van der Waals surface area contributed by atoms with E-state index >= 15 is 0 Å². The Bertz CT molecular complexity index is 377. The van der Waals surface area contributed by atoms with Gasteiger partial charge in [0, 0.05) is 0 Å². The summed E-state index contributed by atoms with van der Waals surface area (Å²) >= 11 is 12.1. The first-order chi connectivity index (χ1) is 7.85. The molecule has 0 saturated carbocycles. The van der Waals surface area contributed by atoms with Gasteiger partial charge in [0.25, 0.3) is 0 Å². The second kappa shape index (κ2) is 6.03. The van der Waals surface area contributed by atoms with Gasteiger partial charge in [0.1, 0.15) is 0 Å². The molecule has 1 atom stereocenters. The number of ether oxygens (including phenoxy) is 1. The van der Waals surface area contributed by atoms with E-state index in [2.05, 4.69) is 5.43 Å². The van der Waals surface area contributed by atoms with Crippen LogP contribution in [0.4, 0.5) is 0 Å². The maximum atomic E-state index is 6.13. The Balaban J connectivity index is 2.83. The molecule has 0 saturated heterocycles. The average Bonchev–Trinajstić information content (AvgIpc) is 2.23. The Labute approximate surface area is 112 Å². The summed E-state index contributed by atoms with van der Waals surface area (Å²) in [5.41, 5.74) is 3.31. The molecule has 0 heterocycles. The van der Waals surface area contributed by atoms with Crippen molar-refractivity contribution in [2.75, 3.05) is 6.61 Å². The van der Waals surface area contributed by atoms with Crippen LogP contribution in [0, 0.1) is 0 Å². The molecule has 0 amide bonds. The van der Waals surface area contributed by atoms with Crippen LogP contribution in [0.1, 0.15) is 32.4 Å². The number of nitrogens with one attached hydrogen (secondary N) is 1. The van der Waals surface area contributed by atoms with E-state index in [-0.39, 0.29) is 11.6 Å². The molecule has 1 aromatic carbocycles. The normalized spacial score (nSPS) is 13.8. The molecular weight excluding hydrogens is 259 g/mol. The number of benzene rings is 1. The lowest BCUT2D eigenvalue weighted by atomic mass is 10.1. The van der Waals surface area contributed by atoms with Gasteiger partial charge in [-0.3, -0.25) is 11.3 Å². The molecule has 0 aromatic heterocycles. The number of hydrogen-bond donors (Lipinski definition) is 2. The van der Waals surface area contributed by atoms with Crippen LogP contribution in [0.25, 0.3) is 0 Å². The SMILES string of the molecule is CC(C)(C)OCC(NN)c1cccc(Cl)c1Cl. The molecule has 96 valence electrons. The highest BCUT2D eigenvalue weighted by atomic mass is 35.5. The van der Waals surface area contributed by atoms with Gasteiger partial charge in [0.05, 0.1) is 28.3 Å². The standard InChI is InChI=1S/C12H18Cl2N2O/c1-12(2,3)17-7-10(16-15)8-5-4-6-9(13)11(8)14/h4-6,10,16H,7,15H2,1-3H3. The lowest BCUT2D eigenvalue weighted by molar-refractivity contribution is -0.0148. The summed E-state index contributed by atoms with van der Waals surface area (Å²) in [6.07, 6.45) is 0. The third kappa shape index (κ3) is 4.45.